The van der Waals surface area contributed by atoms with Crippen molar-refractivity contribution in [3.05, 3.63) is 36.7 Å². The molecule has 166 valence electrons. The molecule has 0 unspecified atom stereocenters. The average molecular weight is 441 g/mol. The molecule has 7 nitrogen and oxygen atoms in total. The maximum absolute atomic E-state index is 9.96. The molecule has 1 aliphatic rings. The highest BCUT2D eigenvalue weighted by Crippen LogP contribution is 2.41. The molecule has 2 aromatic heterocycles. The molecule has 0 spiro atoms. The fourth-order valence-corrected chi connectivity index (χ4v) is 5.21. The number of aromatic nitrogens is 4. The fourth-order valence-electron chi connectivity index (χ4n) is 3.81. The maximum Gasteiger partial charge on any atom is 0.243 e. The lowest BCUT2D eigenvalue weighted by Crippen LogP contribution is -2.45. The van der Waals surface area contributed by atoms with Crippen LogP contribution in [0, 0.1) is 5.92 Å². The van der Waals surface area contributed by atoms with Gasteiger partial charge in [0.15, 0.2) is 14.0 Å². The van der Waals surface area contributed by atoms with E-state index in [1.54, 1.807) is 0 Å². The van der Waals surface area contributed by atoms with Gasteiger partial charge in [-0.2, -0.15) is 4.98 Å². The Labute approximate surface area is 184 Å². The Morgan fingerprint density at radius 3 is 2.55 bits per heavy atom. The molecule has 0 aliphatic heterocycles. The SMILES string of the molecule is CC(C)(C)[Si](C)(C)O[C@H]1C[C@H](Oc2ncnc3nc(-c4ccccc4)[nH]c23)C[C@H]1CO. The van der Waals surface area contributed by atoms with Gasteiger partial charge in [-0.1, -0.05) is 51.1 Å². The Kier molecular flexibility index (Phi) is 5.89. The summed E-state index contributed by atoms with van der Waals surface area (Å²) in [6.07, 6.45) is 2.88. The number of nitrogens with one attached hydrogen (secondary N) is 1. The van der Waals surface area contributed by atoms with Crippen LogP contribution in [0.1, 0.15) is 33.6 Å². The predicted molar refractivity (Wildman–Crippen MR) is 123 cm³/mol. The Morgan fingerprint density at radius 1 is 1.13 bits per heavy atom. The smallest absolute Gasteiger partial charge is 0.243 e. The topological polar surface area (TPSA) is 93.2 Å². The van der Waals surface area contributed by atoms with Gasteiger partial charge in [0.25, 0.3) is 0 Å². The first kappa shape index (κ1) is 21.9. The third kappa shape index (κ3) is 4.51. The van der Waals surface area contributed by atoms with E-state index in [1.165, 1.54) is 6.33 Å². The van der Waals surface area contributed by atoms with Crippen LogP contribution in [0.4, 0.5) is 0 Å². The summed E-state index contributed by atoms with van der Waals surface area (Å²) in [6, 6.07) is 9.92. The van der Waals surface area contributed by atoms with Crippen molar-refractivity contribution in [2.24, 2.45) is 5.92 Å². The number of hydrogen-bond acceptors (Lipinski definition) is 6. The van der Waals surface area contributed by atoms with Crippen LogP contribution in [0.3, 0.4) is 0 Å². The molecular formula is C23H32N4O3Si. The van der Waals surface area contributed by atoms with Gasteiger partial charge in [-0.25, -0.2) is 9.97 Å². The lowest BCUT2D eigenvalue weighted by Gasteiger charge is -2.39. The highest BCUT2D eigenvalue weighted by Gasteiger charge is 2.44. The minimum atomic E-state index is -1.94. The van der Waals surface area contributed by atoms with E-state index >= 15 is 0 Å². The van der Waals surface area contributed by atoms with Crippen molar-refractivity contribution in [1.82, 2.24) is 19.9 Å². The highest BCUT2D eigenvalue weighted by molar-refractivity contribution is 6.74. The van der Waals surface area contributed by atoms with E-state index in [0.29, 0.717) is 17.0 Å². The van der Waals surface area contributed by atoms with E-state index in [1.807, 2.05) is 30.3 Å². The van der Waals surface area contributed by atoms with E-state index in [4.69, 9.17) is 9.16 Å². The van der Waals surface area contributed by atoms with Crippen LogP contribution in [-0.4, -0.2) is 52.2 Å². The number of ether oxygens (including phenoxy) is 1. The first-order valence-corrected chi connectivity index (χ1v) is 13.8. The lowest BCUT2D eigenvalue weighted by molar-refractivity contribution is 0.0971. The Morgan fingerprint density at radius 2 is 1.87 bits per heavy atom. The molecule has 31 heavy (non-hydrogen) atoms. The summed E-state index contributed by atoms with van der Waals surface area (Å²) >= 11 is 0. The van der Waals surface area contributed by atoms with Crippen LogP contribution in [-0.2, 0) is 4.43 Å². The normalized spacial score (nSPS) is 22.2. The molecule has 2 heterocycles. The monoisotopic (exact) mass is 440 g/mol. The number of aliphatic hydroxyl groups excluding tert-OH is 1. The number of imidazole rings is 1. The van der Waals surface area contributed by atoms with Crippen molar-refractivity contribution in [2.45, 2.75) is 64.0 Å². The number of benzene rings is 1. The lowest BCUT2D eigenvalue weighted by atomic mass is 10.1. The molecule has 0 saturated heterocycles. The minimum Gasteiger partial charge on any atom is -0.473 e. The quantitative estimate of drug-likeness (QED) is 0.546. The van der Waals surface area contributed by atoms with Crippen molar-refractivity contribution in [3.8, 4) is 17.3 Å². The highest BCUT2D eigenvalue weighted by atomic mass is 28.4. The number of nitrogens with zero attached hydrogens (tertiary/aromatic N) is 3. The molecule has 1 fully saturated rings. The third-order valence-electron chi connectivity index (χ3n) is 6.65. The maximum atomic E-state index is 9.96. The van der Waals surface area contributed by atoms with Crippen molar-refractivity contribution < 1.29 is 14.3 Å². The first-order valence-electron chi connectivity index (χ1n) is 10.9. The Bertz CT molecular complexity index is 1030. The van der Waals surface area contributed by atoms with Gasteiger partial charge in [-0.05, 0) is 24.6 Å². The zero-order valence-electron chi connectivity index (χ0n) is 18.9. The van der Waals surface area contributed by atoms with Crippen molar-refractivity contribution in [3.63, 3.8) is 0 Å². The van der Waals surface area contributed by atoms with Crippen LogP contribution in [0.2, 0.25) is 18.1 Å². The van der Waals surface area contributed by atoms with E-state index in [0.717, 1.165) is 24.2 Å². The summed E-state index contributed by atoms with van der Waals surface area (Å²) in [5.41, 5.74) is 2.25. The predicted octanol–water partition coefficient (Wildman–Crippen LogP) is 4.56. The zero-order chi connectivity index (χ0) is 22.2. The average Bonchev–Trinajstić information content (AvgIpc) is 3.32. The van der Waals surface area contributed by atoms with E-state index in [-0.39, 0.29) is 29.8 Å². The Balaban J connectivity index is 1.53. The fraction of sp³-hybridized carbons (Fsp3) is 0.522. The number of aliphatic hydroxyl groups is 1. The van der Waals surface area contributed by atoms with Crippen molar-refractivity contribution in [2.75, 3.05) is 6.61 Å². The van der Waals surface area contributed by atoms with Gasteiger partial charge < -0.3 is 19.3 Å². The molecule has 4 rings (SSSR count). The summed E-state index contributed by atoms with van der Waals surface area (Å²) in [5.74, 6) is 1.30. The van der Waals surface area contributed by atoms with Crippen LogP contribution in [0.25, 0.3) is 22.6 Å². The number of fused-ring (bicyclic) bond motifs is 1. The Hall–Kier alpha value is -2.29. The largest absolute Gasteiger partial charge is 0.473 e. The van der Waals surface area contributed by atoms with Crippen LogP contribution < -0.4 is 4.74 Å². The molecule has 3 atom stereocenters. The summed E-state index contributed by atoms with van der Waals surface area (Å²) < 4.78 is 12.9. The summed E-state index contributed by atoms with van der Waals surface area (Å²) in [6.45, 7) is 11.3. The second-order valence-electron chi connectivity index (χ2n) is 9.90. The molecule has 0 bridgehead atoms. The van der Waals surface area contributed by atoms with Crippen LogP contribution in [0.5, 0.6) is 5.88 Å². The number of aromatic amines is 1. The molecule has 3 aromatic rings. The molecule has 0 amide bonds. The standard InChI is InChI=1S/C23H32N4O3Si/c1-23(2,3)31(4,5)30-18-12-17(11-16(18)13-28)29-22-19-21(24-14-25-22)27-20(26-19)15-9-7-6-8-10-15/h6-10,14,16-18,28H,11-13H2,1-5H3,(H,24,25,26,27)/t16-,17+,18-/m0/s1. The molecule has 8 heteroatoms. The van der Waals surface area contributed by atoms with Crippen molar-refractivity contribution >= 4 is 19.5 Å². The first-order chi connectivity index (χ1) is 14.7. The number of hydrogen-bond donors (Lipinski definition) is 2. The summed E-state index contributed by atoms with van der Waals surface area (Å²) in [5, 5.41) is 10.1. The zero-order valence-corrected chi connectivity index (χ0v) is 19.9. The number of rotatable bonds is 6. The van der Waals surface area contributed by atoms with Crippen LogP contribution in [0.15, 0.2) is 36.7 Å². The third-order valence-corrected chi connectivity index (χ3v) is 11.2. The van der Waals surface area contributed by atoms with Gasteiger partial charge in [0.05, 0.1) is 6.10 Å². The number of H-pyrrole nitrogens is 1. The van der Waals surface area contributed by atoms with Crippen molar-refractivity contribution in [1.29, 1.82) is 0 Å². The van der Waals surface area contributed by atoms with E-state index < -0.39 is 8.32 Å². The molecular weight excluding hydrogens is 408 g/mol. The second kappa shape index (κ2) is 8.33. The molecule has 0 radical (unpaired) electrons. The molecule has 1 aliphatic carbocycles. The van der Waals surface area contributed by atoms with Crippen LogP contribution >= 0.6 is 0 Å². The van der Waals surface area contributed by atoms with Gasteiger partial charge in [-0.15, -0.1) is 0 Å². The minimum absolute atomic E-state index is 0.00475. The van der Waals surface area contributed by atoms with E-state index in [2.05, 4.69) is 53.8 Å². The van der Waals surface area contributed by atoms with Gasteiger partial charge in [0.1, 0.15) is 23.8 Å². The van der Waals surface area contributed by atoms with Gasteiger partial charge >= 0.3 is 0 Å². The van der Waals surface area contributed by atoms with Gasteiger partial charge in [0.2, 0.25) is 5.88 Å². The molecule has 1 aromatic carbocycles. The second-order valence-corrected chi connectivity index (χ2v) is 14.7. The molecule has 2 N–H and O–H groups in total. The van der Waals surface area contributed by atoms with Gasteiger partial charge in [0, 0.05) is 24.5 Å². The molecule has 1 saturated carbocycles. The summed E-state index contributed by atoms with van der Waals surface area (Å²) in [4.78, 5) is 16.6. The van der Waals surface area contributed by atoms with E-state index in [9.17, 15) is 5.11 Å². The summed E-state index contributed by atoms with van der Waals surface area (Å²) in [7, 11) is -1.94. The van der Waals surface area contributed by atoms with Gasteiger partial charge in [-0.3, -0.25) is 0 Å².